The molecule has 0 aromatic carbocycles. The first-order valence-corrected chi connectivity index (χ1v) is 12.6. The molecule has 0 aromatic rings. The van der Waals surface area contributed by atoms with Crippen LogP contribution in [0.2, 0.25) is 0 Å². The minimum absolute atomic E-state index is 0.0318. The second-order valence-corrected chi connectivity index (χ2v) is 12.5. The number of sulfonamides is 1. The van der Waals surface area contributed by atoms with Crippen LogP contribution >= 0.6 is 22.6 Å². The van der Waals surface area contributed by atoms with E-state index in [1.165, 1.54) is 19.3 Å². The smallest absolute Gasteiger partial charge is 0.315 e. The van der Waals surface area contributed by atoms with Gasteiger partial charge >= 0.3 is 6.03 Å². The third-order valence-electron chi connectivity index (χ3n) is 6.74. The second kappa shape index (κ2) is 6.82. The quantitative estimate of drug-likeness (QED) is 0.479. The first-order valence-electron chi connectivity index (χ1n) is 9.50. The lowest BCUT2D eigenvalue weighted by atomic mass is 9.53. The number of hydrogen-bond donors (Lipinski definition) is 2. The van der Waals surface area contributed by atoms with Gasteiger partial charge in [-0.2, -0.15) is 0 Å². The molecular weight excluding hydrogens is 453 g/mol. The Balaban J connectivity index is 1.29. The summed E-state index contributed by atoms with van der Waals surface area (Å²) in [6, 6.07) is 0.0340. The van der Waals surface area contributed by atoms with Crippen molar-refractivity contribution in [1.82, 2.24) is 14.9 Å². The van der Waals surface area contributed by atoms with Gasteiger partial charge in [-0.25, -0.2) is 17.5 Å². The summed E-state index contributed by atoms with van der Waals surface area (Å²) in [4.78, 5) is 12.6. The van der Waals surface area contributed by atoms with Crippen molar-refractivity contribution in [2.24, 2.45) is 17.8 Å². The van der Waals surface area contributed by atoms with Gasteiger partial charge in [0.05, 0.1) is 0 Å². The molecule has 1 saturated heterocycles. The molecule has 8 heteroatoms. The molecule has 0 aromatic heterocycles. The summed E-state index contributed by atoms with van der Waals surface area (Å²) in [6.45, 7) is 1.02. The number of urea groups is 1. The van der Waals surface area contributed by atoms with Gasteiger partial charge in [-0.05, 0) is 69.1 Å². The first-order chi connectivity index (χ1) is 11.9. The monoisotopic (exact) mass is 481 g/mol. The van der Waals surface area contributed by atoms with Crippen LogP contribution in [-0.2, 0) is 10.0 Å². The zero-order chi connectivity index (χ0) is 17.7. The molecule has 0 atom stereocenters. The zero-order valence-electron chi connectivity index (χ0n) is 14.5. The number of rotatable bonds is 4. The highest BCUT2D eigenvalue weighted by molar-refractivity contribution is 14.1. The van der Waals surface area contributed by atoms with Gasteiger partial charge in [0.25, 0.3) is 0 Å². The van der Waals surface area contributed by atoms with E-state index in [2.05, 4.69) is 10.6 Å². The Morgan fingerprint density at radius 1 is 1.04 bits per heavy atom. The average molecular weight is 481 g/mol. The van der Waals surface area contributed by atoms with Gasteiger partial charge in [-0.15, -0.1) is 0 Å². The minimum Gasteiger partial charge on any atom is -0.335 e. The minimum atomic E-state index is -3.12. The maximum absolute atomic E-state index is 12.6. The zero-order valence-corrected chi connectivity index (χ0v) is 17.5. The van der Waals surface area contributed by atoms with E-state index in [0.29, 0.717) is 25.9 Å². The van der Waals surface area contributed by atoms with Crippen LogP contribution in [0.15, 0.2) is 0 Å². The van der Waals surface area contributed by atoms with E-state index in [1.54, 1.807) is 4.31 Å². The number of halogens is 1. The molecule has 0 unspecified atom stereocenters. The van der Waals surface area contributed by atoms with Crippen molar-refractivity contribution >= 4 is 38.6 Å². The molecule has 25 heavy (non-hydrogen) atoms. The topological polar surface area (TPSA) is 78.5 Å². The number of nitrogens with one attached hydrogen (secondary N) is 2. The van der Waals surface area contributed by atoms with Gasteiger partial charge in [0.2, 0.25) is 10.0 Å². The maximum Gasteiger partial charge on any atom is 0.315 e. The molecule has 4 bridgehead atoms. The molecule has 2 N–H and O–H groups in total. The largest absolute Gasteiger partial charge is 0.335 e. The Morgan fingerprint density at radius 3 is 2.04 bits per heavy atom. The van der Waals surface area contributed by atoms with Crippen LogP contribution in [-0.4, -0.2) is 47.2 Å². The number of piperidine rings is 1. The summed E-state index contributed by atoms with van der Waals surface area (Å²) in [6.07, 6.45) is 8.95. The number of carbonyl (C=O) groups is 1. The molecule has 2 amide bonds. The number of amides is 2. The molecule has 1 aliphatic heterocycles. The molecule has 142 valence electrons. The van der Waals surface area contributed by atoms with Gasteiger partial charge in [-0.3, -0.25) is 0 Å². The van der Waals surface area contributed by atoms with Crippen molar-refractivity contribution in [3.63, 3.8) is 0 Å². The molecule has 4 aliphatic carbocycles. The van der Waals surface area contributed by atoms with E-state index < -0.39 is 10.0 Å². The molecule has 4 saturated carbocycles. The Labute approximate surface area is 164 Å². The maximum atomic E-state index is 12.6. The molecule has 5 fully saturated rings. The van der Waals surface area contributed by atoms with E-state index in [4.69, 9.17) is 0 Å². The van der Waals surface area contributed by atoms with E-state index in [1.807, 2.05) is 22.6 Å². The average Bonchev–Trinajstić information content (AvgIpc) is 2.53. The van der Waals surface area contributed by atoms with Crippen molar-refractivity contribution in [2.45, 2.75) is 62.9 Å². The Bertz CT molecular complexity index is 596. The number of hydrogen-bond acceptors (Lipinski definition) is 3. The lowest BCUT2D eigenvalue weighted by molar-refractivity contribution is -0.0137. The Morgan fingerprint density at radius 2 is 1.56 bits per heavy atom. The summed E-state index contributed by atoms with van der Waals surface area (Å²) in [5, 5.41) is 6.45. The number of nitrogens with zero attached hydrogens (tertiary/aromatic N) is 1. The predicted molar refractivity (Wildman–Crippen MR) is 105 cm³/mol. The summed E-state index contributed by atoms with van der Waals surface area (Å²) < 4.78 is 25.5. The summed E-state index contributed by atoms with van der Waals surface area (Å²) in [7, 11) is -3.12. The lowest BCUT2D eigenvalue weighted by Gasteiger charge is -2.56. The van der Waals surface area contributed by atoms with Crippen LogP contribution < -0.4 is 10.6 Å². The SMILES string of the molecule is O=C(NC1CCN(S(=O)(=O)CI)CC1)NC12CC3CC(CC(C3)C1)C2. The van der Waals surface area contributed by atoms with E-state index in [9.17, 15) is 13.2 Å². The summed E-state index contributed by atoms with van der Waals surface area (Å²) in [5.74, 6) is 2.44. The van der Waals surface area contributed by atoms with Gasteiger partial charge in [0.1, 0.15) is 3.76 Å². The summed E-state index contributed by atoms with van der Waals surface area (Å²) in [5.41, 5.74) is 0.0318. The molecule has 5 rings (SSSR count). The van der Waals surface area contributed by atoms with Crippen LogP contribution in [0.5, 0.6) is 0 Å². The summed E-state index contributed by atoms with van der Waals surface area (Å²) >= 11 is 1.90. The van der Waals surface area contributed by atoms with Crippen LogP contribution in [0.4, 0.5) is 4.79 Å². The molecule has 0 radical (unpaired) electrons. The Kier molecular flexibility index (Phi) is 4.98. The van der Waals surface area contributed by atoms with Gasteiger partial charge in [0, 0.05) is 24.7 Å². The number of alkyl halides is 1. The normalized spacial score (nSPS) is 38.7. The van der Waals surface area contributed by atoms with Crippen LogP contribution in [0.25, 0.3) is 0 Å². The predicted octanol–water partition coefficient (Wildman–Crippen LogP) is 2.44. The second-order valence-electron chi connectivity index (χ2n) is 8.69. The third kappa shape index (κ3) is 3.81. The molecule has 5 aliphatic rings. The molecule has 1 heterocycles. The Hall–Kier alpha value is -0.0900. The standard InChI is InChI=1S/C17H28IN3O3S/c18-11-25(23,24)21-3-1-15(2-4-21)19-16(22)20-17-8-12-5-13(9-17)7-14(6-12)10-17/h12-15H,1-11H2,(H2,19,20,22). The van der Waals surface area contributed by atoms with Crippen molar-refractivity contribution in [2.75, 3.05) is 16.8 Å². The fourth-order valence-corrected chi connectivity index (χ4v) is 8.16. The lowest BCUT2D eigenvalue weighted by Crippen LogP contribution is -2.62. The highest BCUT2D eigenvalue weighted by Crippen LogP contribution is 2.55. The fourth-order valence-electron chi connectivity index (χ4n) is 6.07. The van der Waals surface area contributed by atoms with Crippen molar-refractivity contribution < 1.29 is 13.2 Å². The molecular formula is C17H28IN3O3S. The third-order valence-corrected chi connectivity index (χ3v) is 10.5. The van der Waals surface area contributed by atoms with Crippen molar-refractivity contribution in [1.29, 1.82) is 0 Å². The van der Waals surface area contributed by atoms with E-state index >= 15 is 0 Å². The van der Waals surface area contributed by atoms with E-state index in [-0.39, 0.29) is 21.4 Å². The molecule has 6 nitrogen and oxygen atoms in total. The highest BCUT2D eigenvalue weighted by atomic mass is 127. The highest BCUT2D eigenvalue weighted by Gasteiger charge is 2.51. The number of carbonyl (C=O) groups excluding carboxylic acids is 1. The molecule has 0 spiro atoms. The van der Waals surface area contributed by atoms with Gasteiger partial charge in [-0.1, -0.05) is 22.6 Å². The van der Waals surface area contributed by atoms with Crippen molar-refractivity contribution in [3.05, 3.63) is 0 Å². The van der Waals surface area contributed by atoms with Crippen LogP contribution in [0, 0.1) is 17.8 Å². The van der Waals surface area contributed by atoms with Gasteiger partial charge in [0.15, 0.2) is 0 Å². The van der Waals surface area contributed by atoms with Crippen LogP contribution in [0.3, 0.4) is 0 Å². The van der Waals surface area contributed by atoms with Crippen LogP contribution in [0.1, 0.15) is 51.4 Å². The van der Waals surface area contributed by atoms with Crippen molar-refractivity contribution in [3.8, 4) is 0 Å². The first kappa shape index (κ1) is 18.3. The fraction of sp³-hybridized carbons (Fsp3) is 0.941. The van der Waals surface area contributed by atoms with Gasteiger partial charge < -0.3 is 10.6 Å². The van der Waals surface area contributed by atoms with E-state index in [0.717, 1.165) is 37.0 Å².